The minimum atomic E-state index is -0.0268. The number of anilines is 2. The van der Waals surface area contributed by atoms with Crippen molar-refractivity contribution in [2.24, 2.45) is 0 Å². The van der Waals surface area contributed by atoms with Crippen molar-refractivity contribution in [3.8, 4) is 23.1 Å². The van der Waals surface area contributed by atoms with Crippen LogP contribution in [0.2, 0.25) is 0 Å². The smallest absolute Gasteiger partial charge is 0.229 e. The summed E-state index contributed by atoms with van der Waals surface area (Å²) in [4.78, 5) is 11.7. The Kier molecular flexibility index (Phi) is 7.00. The van der Waals surface area contributed by atoms with Gasteiger partial charge in [0.25, 0.3) is 0 Å². The Balaban J connectivity index is 1.57. The molecule has 0 radical (unpaired) electrons. The molecule has 3 N–H and O–H groups in total. The van der Waals surface area contributed by atoms with Crippen LogP contribution >= 0.6 is 0 Å². The second-order valence-corrected chi connectivity index (χ2v) is 8.31. The molecule has 1 aliphatic rings. The third-order valence-corrected chi connectivity index (χ3v) is 5.87. The third kappa shape index (κ3) is 5.20. The summed E-state index contributed by atoms with van der Waals surface area (Å²) in [5.41, 5.74) is 4.11. The second-order valence-electron chi connectivity index (χ2n) is 8.31. The SMILES string of the molecule is COc1cc(Nc2ncc(C)c(-n3cc(C)c(CN4CCCNCC4)c3)n2)cc(O)c1OC. The molecule has 176 valence electrons. The van der Waals surface area contributed by atoms with Gasteiger partial charge in [0.15, 0.2) is 11.5 Å². The number of aryl methyl sites for hydroxylation is 2. The predicted molar refractivity (Wildman–Crippen MR) is 128 cm³/mol. The van der Waals surface area contributed by atoms with Gasteiger partial charge in [0, 0.05) is 61.6 Å². The topological polar surface area (TPSA) is 96.7 Å². The number of methoxy groups -OCH3 is 2. The zero-order valence-electron chi connectivity index (χ0n) is 19.7. The molecule has 2 aromatic heterocycles. The summed E-state index contributed by atoms with van der Waals surface area (Å²) in [5.74, 6) is 1.91. The van der Waals surface area contributed by atoms with E-state index in [-0.39, 0.29) is 11.5 Å². The third-order valence-electron chi connectivity index (χ3n) is 5.87. The van der Waals surface area contributed by atoms with E-state index in [1.807, 2.05) is 6.92 Å². The molecule has 0 amide bonds. The van der Waals surface area contributed by atoms with Gasteiger partial charge in [0.2, 0.25) is 11.7 Å². The largest absolute Gasteiger partial charge is 0.504 e. The molecule has 9 heteroatoms. The lowest BCUT2D eigenvalue weighted by molar-refractivity contribution is 0.284. The van der Waals surface area contributed by atoms with E-state index in [2.05, 4.69) is 44.4 Å². The molecule has 0 unspecified atom stereocenters. The van der Waals surface area contributed by atoms with E-state index in [0.717, 1.165) is 44.1 Å². The van der Waals surface area contributed by atoms with Crippen molar-refractivity contribution in [2.45, 2.75) is 26.8 Å². The number of ether oxygens (including phenoxy) is 2. The first kappa shape index (κ1) is 22.9. The number of hydrogen-bond acceptors (Lipinski definition) is 8. The molecule has 9 nitrogen and oxygen atoms in total. The summed E-state index contributed by atoms with van der Waals surface area (Å²) in [7, 11) is 3.01. The van der Waals surface area contributed by atoms with E-state index < -0.39 is 0 Å². The number of phenols is 1. The average molecular weight is 453 g/mol. The number of nitrogens with one attached hydrogen (secondary N) is 2. The van der Waals surface area contributed by atoms with Crippen LogP contribution in [0.4, 0.5) is 11.6 Å². The Labute approximate surface area is 194 Å². The number of aromatic hydroxyl groups is 1. The number of rotatable bonds is 7. The van der Waals surface area contributed by atoms with Crippen molar-refractivity contribution >= 4 is 11.6 Å². The number of phenolic OH excluding ortho intramolecular Hbond substituents is 1. The van der Waals surface area contributed by atoms with Gasteiger partial charge in [-0.25, -0.2) is 4.98 Å². The minimum absolute atomic E-state index is 0.0268. The standard InChI is InChI=1S/C24H32N6O3/c1-16-12-26-24(27-19-10-20(31)22(33-4)21(11-19)32-3)28-23(16)30-13-17(2)18(15-30)14-29-8-5-6-25-7-9-29/h10-13,15,25,31H,5-9,14H2,1-4H3,(H,26,27,28). The molecule has 0 spiro atoms. The lowest BCUT2D eigenvalue weighted by Gasteiger charge is -2.19. The van der Waals surface area contributed by atoms with Crippen LogP contribution in [0.5, 0.6) is 17.2 Å². The van der Waals surface area contributed by atoms with Gasteiger partial charge < -0.3 is 29.8 Å². The Morgan fingerprint density at radius 1 is 1.09 bits per heavy atom. The van der Waals surface area contributed by atoms with Gasteiger partial charge in [0.05, 0.1) is 14.2 Å². The summed E-state index contributed by atoms with van der Waals surface area (Å²) < 4.78 is 12.6. The van der Waals surface area contributed by atoms with Crippen LogP contribution in [0.25, 0.3) is 5.82 Å². The molecule has 3 aromatic rings. The predicted octanol–water partition coefficient (Wildman–Crippen LogP) is 3.15. The van der Waals surface area contributed by atoms with Crippen LogP contribution in [0, 0.1) is 13.8 Å². The van der Waals surface area contributed by atoms with Gasteiger partial charge in [-0.15, -0.1) is 0 Å². The normalized spacial score (nSPS) is 14.7. The van der Waals surface area contributed by atoms with Crippen LogP contribution in [0.1, 0.15) is 23.1 Å². The molecule has 33 heavy (non-hydrogen) atoms. The maximum Gasteiger partial charge on any atom is 0.229 e. The van der Waals surface area contributed by atoms with E-state index >= 15 is 0 Å². The molecule has 4 rings (SSSR count). The fraction of sp³-hybridized carbons (Fsp3) is 0.417. The Morgan fingerprint density at radius 3 is 2.73 bits per heavy atom. The molecule has 3 heterocycles. The van der Waals surface area contributed by atoms with Crippen LogP contribution in [0.15, 0.2) is 30.7 Å². The summed E-state index contributed by atoms with van der Waals surface area (Å²) in [6, 6.07) is 3.29. The van der Waals surface area contributed by atoms with Crippen molar-refractivity contribution in [2.75, 3.05) is 45.7 Å². The van der Waals surface area contributed by atoms with Gasteiger partial charge in [-0.3, -0.25) is 4.90 Å². The highest BCUT2D eigenvalue weighted by atomic mass is 16.5. The summed E-state index contributed by atoms with van der Waals surface area (Å²) in [6.45, 7) is 9.36. The molecular formula is C24H32N6O3. The van der Waals surface area contributed by atoms with Gasteiger partial charge in [0.1, 0.15) is 5.82 Å². The van der Waals surface area contributed by atoms with E-state index in [0.29, 0.717) is 17.4 Å². The molecule has 1 fully saturated rings. The first-order valence-corrected chi connectivity index (χ1v) is 11.1. The van der Waals surface area contributed by atoms with Crippen molar-refractivity contribution < 1.29 is 14.6 Å². The number of benzene rings is 1. The summed E-state index contributed by atoms with van der Waals surface area (Å²) in [6.07, 6.45) is 7.24. The maximum atomic E-state index is 10.2. The molecule has 0 bridgehead atoms. The van der Waals surface area contributed by atoms with E-state index in [1.165, 1.54) is 31.8 Å². The van der Waals surface area contributed by atoms with Gasteiger partial charge in [-0.2, -0.15) is 4.98 Å². The molecule has 0 saturated carbocycles. The summed E-state index contributed by atoms with van der Waals surface area (Å²) in [5, 5.41) is 16.9. The number of nitrogens with zero attached hydrogens (tertiary/aromatic N) is 4. The summed E-state index contributed by atoms with van der Waals surface area (Å²) >= 11 is 0. The second kappa shape index (κ2) is 10.1. The van der Waals surface area contributed by atoms with Crippen molar-refractivity contribution in [3.63, 3.8) is 0 Å². The first-order chi connectivity index (χ1) is 16.0. The van der Waals surface area contributed by atoms with Crippen LogP contribution in [-0.2, 0) is 6.54 Å². The molecule has 0 atom stereocenters. The Morgan fingerprint density at radius 2 is 1.94 bits per heavy atom. The van der Waals surface area contributed by atoms with Crippen molar-refractivity contribution in [3.05, 3.63) is 47.4 Å². The van der Waals surface area contributed by atoms with E-state index in [4.69, 9.17) is 14.5 Å². The fourth-order valence-electron chi connectivity index (χ4n) is 4.09. The first-order valence-electron chi connectivity index (χ1n) is 11.1. The average Bonchev–Trinajstić information content (AvgIpc) is 2.98. The van der Waals surface area contributed by atoms with Crippen LogP contribution < -0.4 is 20.1 Å². The molecule has 0 aliphatic carbocycles. The highest BCUT2D eigenvalue weighted by Crippen LogP contribution is 2.39. The lowest BCUT2D eigenvalue weighted by Crippen LogP contribution is -2.27. The highest BCUT2D eigenvalue weighted by Gasteiger charge is 2.15. The van der Waals surface area contributed by atoms with E-state index in [1.54, 1.807) is 18.3 Å². The molecular weight excluding hydrogens is 420 g/mol. The van der Waals surface area contributed by atoms with Crippen molar-refractivity contribution in [1.82, 2.24) is 24.8 Å². The Hall–Kier alpha value is -3.30. The number of hydrogen-bond donors (Lipinski definition) is 3. The number of aromatic nitrogens is 3. The van der Waals surface area contributed by atoms with Crippen molar-refractivity contribution in [1.29, 1.82) is 0 Å². The van der Waals surface area contributed by atoms with Gasteiger partial charge in [-0.05, 0) is 44.5 Å². The molecule has 1 saturated heterocycles. The van der Waals surface area contributed by atoms with E-state index in [9.17, 15) is 5.11 Å². The fourth-order valence-corrected chi connectivity index (χ4v) is 4.09. The molecule has 1 aromatic carbocycles. The van der Waals surface area contributed by atoms with Crippen LogP contribution in [-0.4, -0.2) is 64.9 Å². The van der Waals surface area contributed by atoms with Gasteiger partial charge >= 0.3 is 0 Å². The van der Waals surface area contributed by atoms with Crippen LogP contribution in [0.3, 0.4) is 0 Å². The zero-order valence-corrected chi connectivity index (χ0v) is 19.7. The maximum absolute atomic E-state index is 10.2. The highest BCUT2D eigenvalue weighted by molar-refractivity contribution is 5.65. The minimum Gasteiger partial charge on any atom is -0.504 e. The zero-order chi connectivity index (χ0) is 23.4. The van der Waals surface area contributed by atoms with Gasteiger partial charge in [-0.1, -0.05) is 0 Å². The monoisotopic (exact) mass is 452 g/mol. The quantitative estimate of drug-likeness (QED) is 0.503. The Bertz CT molecular complexity index is 1110. The lowest BCUT2D eigenvalue weighted by atomic mass is 10.2. The molecule has 1 aliphatic heterocycles.